The molecule has 27 nitrogen and oxygen atoms in total. The molecule has 0 aromatic heterocycles. The van der Waals surface area contributed by atoms with Crippen LogP contribution in [0.5, 0.6) is 0 Å². The molecule has 664 valence electrons. The van der Waals surface area contributed by atoms with Crippen molar-refractivity contribution in [2.45, 2.75) is 135 Å². The van der Waals surface area contributed by atoms with E-state index in [1.165, 1.54) is 12.1 Å². The Labute approximate surface area is 740 Å². The van der Waals surface area contributed by atoms with Crippen molar-refractivity contribution in [3.63, 3.8) is 0 Å². The zero-order valence-electron chi connectivity index (χ0n) is 68.4. The van der Waals surface area contributed by atoms with E-state index in [2.05, 4.69) is 40.1 Å². The number of carbonyl (C=O) groups excluding carboxylic acids is 4. The average molecular weight is 1860 g/mol. The van der Waals surface area contributed by atoms with E-state index in [1.807, 2.05) is 57.5 Å². The van der Waals surface area contributed by atoms with Gasteiger partial charge in [0.05, 0.1) is 79.9 Å². The molecule has 3 atom stereocenters. The van der Waals surface area contributed by atoms with Gasteiger partial charge in [-0.05, 0) is 195 Å². The molecular weight excluding hydrogens is 1750 g/mol. The maximum absolute atomic E-state index is 13.6. The number of halogens is 6. The van der Waals surface area contributed by atoms with Crippen LogP contribution in [-0.4, -0.2) is 245 Å². The first-order valence-electron chi connectivity index (χ1n) is 40.5. The van der Waals surface area contributed by atoms with E-state index >= 15 is 0 Å². The number of hydrogen-bond acceptors (Lipinski definition) is 21. The number of sulfone groups is 1. The van der Waals surface area contributed by atoms with Crippen LogP contribution < -0.4 is 25.4 Å². The second-order valence-electron chi connectivity index (χ2n) is 30.6. The number of carboxylic acids is 1. The van der Waals surface area contributed by atoms with Crippen molar-refractivity contribution in [3.05, 3.63) is 189 Å². The lowest BCUT2D eigenvalue weighted by atomic mass is 9.83. The minimum atomic E-state index is -3.90. The highest BCUT2D eigenvalue weighted by Crippen LogP contribution is 2.43. The third-order valence-electron chi connectivity index (χ3n) is 21.1. The molecule has 6 N–H and O–H groups in total. The molecule has 3 amide bonds. The number of benzene rings is 6. The molecule has 6 aromatic rings. The second-order valence-corrected chi connectivity index (χ2v) is 38.8. The van der Waals surface area contributed by atoms with Crippen LogP contribution in [0, 0.1) is 0 Å². The highest BCUT2D eigenvalue weighted by Gasteiger charge is 2.35. The van der Waals surface area contributed by atoms with Gasteiger partial charge in [-0.2, -0.15) is 0 Å². The smallest absolute Gasteiger partial charge is 0.329 e. The van der Waals surface area contributed by atoms with Gasteiger partial charge < -0.3 is 68.9 Å². The SMILES string of the molecule is CN1Cc2c(Cl)cc(Cl)cc2C(c2cccc(S(=O)(=O)CCCOCCOCCNC(=O)NCCC(CCCC(=O)CCCOCCOCCNS(=O)(=O)c3cccc([C@@H]4CN(C)Cc5c(Cl)cc(Cl)cc54)c3)(CCCC(=O)CCCOCCOCCNS(=O)(=O)c3cccc([C@@H]4CN(C)Cc5c(Cl)cc(Cl)cc54)c3)NC(=O)COCC(=O)O)c2)C1. The molecule has 0 spiro atoms. The standard InChI is InChI=1S/C85H110Cl6N8O19S3/c1-97-51-73(70-45-62(86)48-79(89)76(70)54-97)59-12-4-19-67(42-59)119(106,107)41-11-31-114-37-38-115-32-26-93-84(105)92-25-24-85(96-82(102)57-118-58-83(103)104,22-7-15-65(100)17-9-29-112-35-39-116-33-27-94-120(108,109)68-20-5-13-60(43-68)74-52-98(2)55-77-71(74)46-63(87)49-80(77)90)23-8-16-66(101)18-10-30-113-36-40-117-34-28-95-121(110,111)69-21-6-14-61(44-69)75-53-99(3)56-78-72(75)47-64(88)50-81(78)91/h4-6,12-14,19-21,42-50,73-75,94-95H,7-11,15-18,22-41,51-58H2,1-3H3,(H,96,102)(H,103,104)(H2,92,93,105)/t73?,74-,75-/m0/s1. The summed E-state index contributed by atoms with van der Waals surface area (Å²) in [7, 11) is -5.50. The number of likely N-dealkylation sites (N-methyl/N-ethyl adjacent to an activating group) is 3. The van der Waals surface area contributed by atoms with Crippen LogP contribution in [0.2, 0.25) is 30.1 Å². The van der Waals surface area contributed by atoms with Crippen LogP contribution in [-0.2, 0) is 102 Å². The number of Topliss-reactive ketones (excluding diaryl/α,β-unsaturated/α-hetero) is 2. The molecule has 1 unspecified atom stereocenters. The van der Waals surface area contributed by atoms with E-state index in [1.54, 1.807) is 60.7 Å². The molecule has 9 rings (SSSR count). The number of sulfonamides is 2. The molecule has 3 aliphatic rings. The molecule has 36 heteroatoms. The number of rotatable bonds is 54. The Morgan fingerprint density at radius 2 is 0.785 bits per heavy atom. The number of amides is 3. The molecule has 0 radical (unpaired) electrons. The molecular formula is C85H110Cl6N8O19S3. The predicted molar refractivity (Wildman–Crippen MR) is 467 cm³/mol. The van der Waals surface area contributed by atoms with Gasteiger partial charge in [0.25, 0.3) is 0 Å². The molecule has 0 saturated carbocycles. The van der Waals surface area contributed by atoms with E-state index in [0.717, 1.165) is 50.1 Å². The van der Waals surface area contributed by atoms with Gasteiger partial charge in [-0.15, -0.1) is 0 Å². The van der Waals surface area contributed by atoms with Crippen molar-refractivity contribution in [2.75, 3.05) is 165 Å². The summed E-state index contributed by atoms with van der Waals surface area (Å²) in [5, 5.41) is 21.1. The summed E-state index contributed by atoms with van der Waals surface area (Å²) in [6.45, 7) is 4.67. The van der Waals surface area contributed by atoms with E-state index in [0.29, 0.717) is 95.1 Å². The number of fused-ring (bicyclic) bond motifs is 3. The Hall–Kier alpha value is -6.02. The molecule has 0 aliphatic carbocycles. The van der Waals surface area contributed by atoms with E-state index in [4.69, 9.17) is 103 Å². The fourth-order valence-corrected chi connectivity index (χ4v) is 20.5. The summed E-state index contributed by atoms with van der Waals surface area (Å²) in [6, 6.07) is 30.8. The summed E-state index contributed by atoms with van der Waals surface area (Å²) in [6.07, 6.45) is 2.80. The van der Waals surface area contributed by atoms with Crippen LogP contribution in [0.1, 0.15) is 145 Å². The minimum Gasteiger partial charge on any atom is -0.480 e. The second kappa shape index (κ2) is 49.2. The summed E-state index contributed by atoms with van der Waals surface area (Å²) in [4.78, 5) is 71.9. The van der Waals surface area contributed by atoms with Gasteiger partial charge in [-0.1, -0.05) is 106 Å². The first-order chi connectivity index (χ1) is 57.9. The predicted octanol–water partition coefficient (Wildman–Crippen LogP) is 12.2. The Kier molecular flexibility index (Phi) is 40.2. The maximum Gasteiger partial charge on any atom is 0.329 e. The van der Waals surface area contributed by atoms with Gasteiger partial charge in [0.1, 0.15) is 24.8 Å². The van der Waals surface area contributed by atoms with E-state index in [9.17, 15) is 54.3 Å². The Bertz CT molecular complexity index is 4390. The van der Waals surface area contributed by atoms with E-state index < -0.39 is 66.5 Å². The number of urea groups is 1. The van der Waals surface area contributed by atoms with Crippen LogP contribution in [0.25, 0.3) is 0 Å². The number of ketones is 2. The zero-order chi connectivity index (χ0) is 87.1. The summed E-state index contributed by atoms with van der Waals surface area (Å²) in [5.74, 6) is -2.64. The zero-order valence-corrected chi connectivity index (χ0v) is 75.4. The number of ether oxygens (including phenoxy) is 7. The average Bonchev–Trinajstić information content (AvgIpc) is 0.780. The van der Waals surface area contributed by atoms with Gasteiger partial charge in [-0.3, -0.25) is 14.4 Å². The maximum atomic E-state index is 13.6. The van der Waals surface area contributed by atoms with Crippen LogP contribution in [0.4, 0.5) is 4.79 Å². The molecule has 0 bridgehead atoms. The summed E-state index contributed by atoms with van der Waals surface area (Å²) in [5.41, 5.74) is 7.11. The Balaban J connectivity index is 0.692. The third kappa shape index (κ3) is 31.8. The minimum absolute atomic E-state index is 0.00900. The third-order valence-corrected chi connectivity index (χ3v) is 27.5. The van der Waals surface area contributed by atoms with E-state index in [-0.39, 0.29) is 207 Å². The fraction of sp³-hybridized carbons (Fsp3) is 0.518. The van der Waals surface area contributed by atoms with Crippen molar-refractivity contribution >= 4 is 129 Å². The highest BCUT2D eigenvalue weighted by molar-refractivity contribution is 7.91. The highest BCUT2D eigenvalue weighted by atomic mass is 35.5. The van der Waals surface area contributed by atoms with Gasteiger partial charge >= 0.3 is 12.0 Å². The molecule has 3 aliphatic heterocycles. The first kappa shape index (κ1) is 98.8. The number of carbonyl (C=O) groups is 5. The summed E-state index contributed by atoms with van der Waals surface area (Å²) < 4.78 is 125. The van der Waals surface area contributed by atoms with Crippen molar-refractivity contribution in [3.8, 4) is 0 Å². The Morgan fingerprint density at radius 3 is 1.20 bits per heavy atom. The van der Waals surface area contributed by atoms with Crippen molar-refractivity contribution in [1.82, 2.24) is 40.1 Å². The lowest BCUT2D eigenvalue weighted by Gasteiger charge is -2.35. The van der Waals surface area contributed by atoms with Crippen LogP contribution >= 0.6 is 69.6 Å². The van der Waals surface area contributed by atoms with Crippen molar-refractivity contribution in [2.24, 2.45) is 0 Å². The normalized spacial score (nSPS) is 16.0. The van der Waals surface area contributed by atoms with Gasteiger partial charge in [0.2, 0.25) is 26.0 Å². The van der Waals surface area contributed by atoms with Gasteiger partial charge in [0.15, 0.2) is 9.84 Å². The molecule has 0 saturated heterocycles. The van der Waals surface area contributed by atoms with Gasteiger partial charge in [-0.25, -0.2) is 44.3 Å². The molecule has 121 heavy (non-hydrogen) atoms. The van der Waals surface area contributed by atoms with Crippen molar-refractivity contribution < 1.29 is 87.5 Å². The number of hydrogen-bond donors (Lipinski definition) is 6. The lowest BCUT2D eigenvalue weighted by molar-refractivity contribution is -0.144. The fourth-order valence-electron chi connectivity index (χ4n) is 15.3. The molecule has 6 aromatic carbocycles. The van der Waals surface area contributed by atoms with Crippen molar-refractivity contribution in [1.29, 1.82) is 0 Å². The topological polar surface area (TPSA) is 342 Å². The quantitative estimate of drug-likeness (QED) is 0.0193. The first-order valence-corrected chi connectivity index (χ1v) is 47.4. The van der Waals surface area contributed by atoms with Gasteiger partial charge in [0, 0.05) is 164 Å². The number of aliphatic carboxylic acids is 1. The lowest BCUT2D eigenvalue weighted by Crippen LogP contribution is -2.52. The monoisotopic (exact) mass is 1850 g/mol. The molecule has 0 fully saturated rings. The summed E-state index contributed by atoms with van der Waals surface area (Å²) >= 11 is 38.9. The van der Waals surface area contributed by atoms with Crippen LogP contribution in [0.15, 0.2) is 124 Å². The molecule has 3 heterocycles. The largest absolute Gasteiger partial charge is 0.480 e. The Morgan fingerprint density at radius 1 is 0.421 bits per heavy atom. The van der Waals surface area contributed by atoms with Crippen LogP contribution in [0.3, 0.4) is 0 Å². The number of carboxylic acid groups (broad SMARTS) is 1. The number of nitrogens with zero attached hydrogens (tertiary/aromatic N) is 3. The number of nitrogens with one attached hydrogen (secondary N) is 5.